The minimum Gasteiger partial charge on any atom is -0.343 e. The van der Waals surface area contributed by atoms with Gasteiger partial charge < -0.3 is 10.2 Å². The quantitative estimate of drug-likeness (QED) is 0.883. The number of hydrogen-bond donors (Lipinski definition) is 1. The van der Waals surface area contributed by atoms with E-state index in [2.05, 4.69) is 15.5 Å². The SMILES string of the molecule is CCn1ncc(NC(=O)Cn2nccc2C)c1C(=O)N(C)C. The van der Waals surface area contributed by atoms with E-state index in [1.807, 2.05) is 19.9 Å². The van der Waals surface area contributed by atoms with Gasteiger partial charge in [0.05, 0.1) is 11.9 Å². The highest BCUT2D eigenvalue weighted by atomic mass is 16.2. The number of rotatable bonds is 5. The van der Waals surface area contributed by atoms with Gasteiger partial charge in [0.2, 0.25) is 5.91 Å². The number of nitrogens with one attached hydrogen (secondary N) is 1. The smallest absolute Gasteiger partial charge is 0.273 e. The largest absolute Gasteiger partial charge is 0.343 e. The Labute approximate surface area is 128 Å². The Morgan fingerprint density at radius 3 is 2.55 bits per heavy atom. The lowest BCUT2D eigenvalue weighted by molar-refractivity contribution is -0.116. The minimum atomic E-state index is -0.254. The molecular weight excluding hydrogens is 284 g/mol. The predicted octanol–water partition coefficient (Wildman–Crippen LogP) is 0.748. The summed E-state index contributed by atoms with van der Waals surface area (Å²) in [7, 11) is 3.32. The molecule has 22 heavy (non-hydrogen) atoms. The maximum Gasteiger partial charge on any atom is 0.273 e. The van der Waals surface area contributed by atoms with Gasteiger partial charge in [-0.2, -0.15) is 10.2 Å². The van der Waals surface area contributed by atoms with Crippen molar-refractivity contribution in [2.24, 2.45) is 0 Å². The van der Waals surface area contributed by atoms with E-state index in [4.69, 9.17) is 0 Å². The molecule has 0 bridgehead atoms. The fourth-order valence-corrected chi connectivity index (χ4v) is 2.04. The topological polar surface area (TPSA) is 85.0 Å². The molecule has 0 unspecified atom stereocenters. The van der Waals surface area contributed by atoms with Gasteiger partial charge in [0.25, 0.3) is 5.91 Å². The number of aryl methyl sites for hydroxylation is 2. The van der Waals surface area contributed by atoms with Crippen LogP contribution in [-0.4, -0.2) is 50.4 Å². The highest BCUT2D eigenvalue weighted by Gasteiger charge is 2.21. The van der Waals surface area contributed by atoms with Crippen molar-refractivity contribution in [1.29, 1.82) is 0 Å². The van der Waals surface area contributed by atoms with Gasteiger partial charge in [-0.15, -0.1) is 0 Å². The van der Waals surface area contributed by atoms with Crippen molar-refractivity contribution in [1.82, 2.24) is 24.5 Å². The van der Waals surface area contributed by atoms with E-state index in [9.17, 15) is 9.59 Å². The zero-order chi connectivity index (χ0) is 16.3. The molecule has 0 aliphatic heterocycles. The Balaban J connectivity index is 2.19. The summed E-state index contributed by atoms with van der Waals surface area (Å²) in [4.78, 5) is 25.9. The molecule has 118 valence electrons. The molecule has 0 saturated carbocycles. The molecule has 8 heteroatoms. The van der Waals surface area contributed by atoms with Crippen LogP contribution in [0.2, 0.25) is 0 Å². The Hall–Kier alpha value is -2.64. The zero-order valence-electron chi connectivity index (χ0n) is 13.2. The van der Waals surface area contributed by atoms with E-state index < -0.39 is 0 Å². The summed E-state index contributed by atoms with van der Waals surface area (Å²) >= 11 is 0. The third-order valence-electron chi connectivity index (χ3n) is 3.24. The van der Waals surface area contributed by atoms with Crippen molar-refractivity contribution in [2.45, 2.75) is 26.9 Å². The van der Waals surface area contributed by atoms with Crippen LogP contribution in [0.5, 0.6) is 0 Å². The van der Waals surface area contributed by atoms with Crippen molar-refractivity contribution in [3.8, 4) is 0 Å². The first-order valence-corrected chi connectivity index (χ1v) is 6.99. The maximum absolute atomic E-state index is 12.3. The van der Waals surface area contributed by atoms with Crippen LogP contribution in [-0.2, 0) is 17.9 Å². The molecule has 2 rings (SSSR count). The van der Waals surface area contributed by atoms with Crippen molar-refractivity contribution >= 4 is 17.5 Å². The summed E-state index contributed by atoms with van der Waals surface area (Å²) in [6, 6.07) is 1.82. The summed E-state index contributed by atoms with van der Waals surface area (Å²) in [5.41, 5.74) is 1.68. The summed E-state index contributed by atoms with van der Waals surface area (Å²) in [6.45, 7) is 4.39. The van der Waals surface area contributed by atoms with E-state index in [1.165, 1.54) is 11.1 Å². The summed E-state index contributed by atoms with van der Waals surface area (Å²) in [6.07, 6.45) is 3.13. The van der Waals surface area contributed by atoms with Gasteiger partial charge in [0.1, 0.15) is 12.2 Å². The maximum atomic E-state index is 12.3. The molecule has 0 radical (unpaired) electrons. The second-order valence-electron chi connectivity index (χ2n) is 5.10. The summed E-state index contributed by atoms with van der Waals surface area (Å²) < 4.78 is 3.16. The predicted molar refractivity (Wildman–Crippen MR) is 81.5 cm³/mol. The zero-order valence-corrected chi connectivity index (χ0v) is 13.2. The van der Waals surface area contributed by atoms with Crippen LogP contribution in [0, 0.1) is 6.92 Å². The first-order chi connectivity index (χ1) is 10.4. The summed E-state index contributed by atoms with van der Waals surface area (Å²) in [5.74, 6) is -0.458. The normalized spacial score (nSPS) is 10.5. The number of nitrogens with zero attached hydrogens (tertiary/aromatic N) is 5. The van der Waals surface area contributed by atoms with Gasteiger partial charge >= 0.3 is 0 Å². The van der Waals surface area contributed by atoms with Gasteiger partial charge in [-0.05, 0) is 19.9 Å². The first kappa shape index (κ1) is 15.7. The second kappa shape index (κ2) is 6.42. The molecule has 0 spiro atoms. The molecule has 1 N–H and O–H groups in total. The number of carbonyl (C=O) groups is 2. The standard InChI is InChI=1S/C14H20N6O2/c1-5-19-13(14(22)18(3)4)11(8-16-19)17-12(21)9-20-10(2)6-7-15-20/h6-8H,5,9H2,1-4H3,(H,17,21). The van der Waals surface area contributed by atoms with E-state index >= 15 is 0 Å². The van der Waals surface area contributed by atoms with Crippen molar-refractivity contribution in [3.05, 3.63) is 29.8 Å². The van der Waals surface area contributed by atoms with Gasteiger partial charge in [0, 0.05) is 32.5 Å². The Morgan fingerprint density at radius 1 is 1.27 bits per heavy atom. The number of amides is 2. The average Bonchev–Trinajstić information content (AvgIpc) is 3.04. The monoisotopic (exact) mass is 304 g/mol. The molecule has 0 saturated heterocycles. The molecule has 0 atom stereocenters. The molecule has 0 aliphatic carbocycles. The van der Waals surface area contributed by atoms with Gasteiger partial charge in [0.15, 0.2) is 0 Å². The lowest BCUT2D eigenvalue weighted by Crippen LogP contribution is -2.27. The lowest BCUT2D eigenvalue weighted by atomic mass is 10.3. The lowest BCUT2D eigenvalue weighted by Gasteiger charge is -2.13. The highest BCUT2D eigenvalue weighted by molar-refractivity contribution is 6.02. The van der Waals surface area contributed by atoms with Crippen molar-refractivity contribution in [3.63, 3.8) is 0 Å². The number of anilines is 1. The van der Waals surface area contributed by atoms with Crippen LogP contribution in [0.3, 0.4) is 0 Å². The van der Waals surface area contributed by atoms with E-state index in [-0.39, 0.29) is 18.4 Å². The third kappa shape index (κ3) is 3.16. The van der Waals surface area contributed by atoms with E-state index in [1.54, 1.807) is 29.7 Å². The number of carbonyl (C=O) groups excluding carboxylic acids is 2. The Kier molecular flexibility index (Phi) is 4.59. The van der Waals surface area contributed by atoms with Crippen LogP contribution in [0.4, 0.5) is 5.69 Å². The van der Waals surface area contributed by atoms with Crippen LogP contribution in [0.1, 0.15) is 23.1 Å². The minimum absolute atomic E-state index is 0.0890. The van der Waals surface area contributed by atoms with Gasteiger partial charge in [-0.25, -0.2) is 0 Å². The highest BCUT2D eigenvalue weighted by Crippen LogP contribution is 2.17. The van der Waals surface area contributed by atoms with Crippen molar-refractivity contribution in [2.75, 3.05) is 19.4 Å². The Morgan fingerprint density at radius 2 is 2.00 bits per heavy atom. The molecular formula is C14H20N6O2. The van der Waals surface area contributed by atoms with Crippen LogP contribution in [0.15, 0.2) is 18.5 Å². The first-order valence-electron chi connectivity index (χ1n) is 6.99. The molecule has 0 aliphatic rings. The Bertz CT molecular complexity index is 685. The fraction of sp³-hybridized carbons (Fsp3) is 0.429. The van der Waals surface area contributed by atoms with E-state index in [0.717, 1.165) is 5.69 Å². The number of hydrogen-bond acceptors (Lipinski definition) is 4. The molecule has 0 fully saturated rings. The average molecular weight is 304 g/mol. The molecule has 2 heterocycles. The summed E-state index contributed by atoms with van der Waals surface area (Å²) in [5, 5.41) is 10.9. The van der Waals surface area contributed by atoms with Crippen LogP contribution in [0.25, 0.3) is 0 Å². The molecule has 0 aromatic carbocycles. The van der Waals surface area contributed by atoms with Gasteiger partial charge in [-0.1, -0.05) is 0 Å². The van der Waals surface area contributed by atoms with Gasteiger partial charge in [-0.3, -0.25) is 19.0 Å². The third-order valence-corrected chi connectivity index (χ3v) is 3.24. The molecule has 2 aromatic heterocycles. The number of aromatic nitrogens is 4. The second-order valence-corrected chi connectivity index (χ2v) is 5.10. The van der Waals surface area contributed by atoms with E-state index in [0.29, 0.717) is 17.9 Å². The molecule has 2 aromatic rings. The van der Waals surface area contributed by atoms with Crippen LogP contribution < -0.4 is 5.32 Å². The molecule has 8 nitrogen and oxygen atoms in total. The van der Waals surface area contributed by atoms with Crippen LogP contribution >= 0.6 is 0 Å². The fourth-order valence-electron chi connectivity index (χ4n) is 2.04. The van der Waals surface area contributed by atoms with Crippen molar-refractivity contribution < 1.29 is 9.59 Å². The molecule has 2 amide bonds.